The zero-order valence-electron chi connectivity index (χ0n) is 12.1. The number of fused-ring (bicyclic) bond motifs is 1. The summed E-state index contributed by atoms with van der Waals surface area (Å²) in [5.74, 6) is 0. The van der Waals surface area contributed by atoms with Crippen LogP contribution in [0.2, 0.25) is 5.15 Å². The Morgan fingerprint density at radius 1 is 1.19 bits per heavy atom. The van der Waals surface area contributed by atoms with E-state index < -0.39 is 0 Å². The van der Waals surface area contributed by atoms with Crippen LogP contribution in [0.3, 0.4) is 0 Å². The van der Waals surface area contributed by atoms with E-state index in [0.29, 0.717) is 5.15 Å². The molecule has 1 N–H and O–H groups in total. The van der Waals surface area contributed by atoms with Crippen LogP contribution in [0.5, 0.6) is 0 Å². The molecule has 0 spiro atoms. The molecule has 1 aromatic carbocycles. The molecule has 21 heavy (non-hydrogen) atoms. The first-order chi connectivity index (χ1) is 10.1. The highest BCUT2D eigenvalue weighted by Gasteiger charge is 2.03. The maximum Gasteiger partial charge on any atom is 0.129 e. The summed E-state index contributed by atoms with van der Waals surface area (Å²) in [5, 5.41) is 3.97. The smallest absolute Gasteiger partial charge is 0.129 e. The van der Waals surface area contributed by atoms with Gasteiger partial charge in [-0.1, -0.05) is 17.7 Å². The highest BCUT2D eigenvalue weighted by atomic mass is 35.5. The third-order valence-electron chi connectivity index (χ3n) is 3.62. The molecule has 0 saturated carbocycles. The lowest BCUT2D eigenvalue weighted by atomic mass is 10.1. The van der Waals surface area contributed by atoms with Crippen LogP contribution in [0, 0.1) is 6.92 Å². The van der Waals surface area contributed by atoms with E-state index in [9.17, 15) is 0 Å². The van der Waals surface area contributed by atoms with Crippen LogP contribution in [-0.4, -0.2) is 14.5 Å². The molecule has 0 radical (unpaired) electrons. The van der Waals surface area contributed by atoms with Crippen molar-refractivity contribution in [2.75, 3.05) is 0 Å². The van der Waals surface area contributed by atoms with Crippen LogP contribution in [-0.2, 0) is 20.1 Å². The van der Waals surface area contributed by atoms with Crippen LogP contribution in [0.15, 0.2) is 36.8 Å². The van der Waals surface area contributed by atoms with Crippen molar-refractivity contribution >= 4 is 22.6 Å². The molecule has 5 heteroatoms. The van der Waals surface area contributed by atoms with Crippen molar-refractivity contribution in [3.63, 3.8) is 0 Å². The van der Waals surface area contributed by atoms with E-state index in [1.54, 1.807) is 0 Å². The molecule has 4 nitrogen and oxygen atoms in total. The summed E-state index contributed by atoms with van der Waals surface area (Å²) < 4.78 is 2.02. The average molecular weight is 301 g/mol. The third-order valence-corrected chi connectivity index (χ3v) is 3.83. The van der Waals surface area contributed by atoms with E-state index >= 15 is 0 Å². The van der Waals surface area contributed by atoms with Gasteiger partial charge < -0.3 is 9.88 Å². The average Bonchev–Trinajstić information content (AvgIpc) is 2.82. The van der Waals surface area contributed by atoms with E-state index in [2.05, 4.69) is 33.5 Å². The Balaban J connectivity index is 1.66. The van der Waals surface area contributed by atoms with Gasteiger partial charge in [-0.15, -0.1) is 0 Å². The number of pyridine rings is 1. The van der Waals surface area contributed by atoms with Gasteiger partial charge in [0.1, 0.15) is 5.15 Å². The largest absolute Gasteiger partial charge is 0.334 e. The van der Waals surface area contributed by atoms with Crippen LogP contribution in [0.4, 0.5) is 0 Å². The summed E-state index contributed by atoms with van der Waals surface area (Å²) in [6, 6.07) is 8.24. The molecule has 0 bridgehead atoms. The Morgan fingerprint density at radius 3 is 2.86 bits per heavy atom. The summed E-state index contributed by atoms with van der Waals surface area (Å²) in [4.78, 5) is 8.50. The molecule has 0 aliphatic carbocycles. The van der Waals surface area contributed by atoms with Gasteiger partial charge in [-0.2, -0.15) is 0 Å². The number of benzene rings is 1. The maximum atomic E-state index is 5.86. The Labute approximate surface area is 128 Å². The fraction of sp³-hybridized carbons (Fsp3) is 0.250. The molecule has 0 unspecified atom stereocenters. The van der Waals surface area contributed by atoms with E-state index in [-0.39, 0.29) is 0 Å². The van der Waals surface area contributed by atoms with E-state index in [4.69, 9.17) is 11.6 Å². The molecule has 0 saturated heterocycles. The molecule has 108 valence electrons. The van der Waals surface area contributed by atoms with Gasteiger partial charge in [-0.05, 0) is 41.8 Å². The fourth-order valence-electron chi connectivity index (χ4n) is 2.37. The predicted octanol–water partition coefficient (Wildman–Crippen LogP) is 3.22. The van der Waals surface area contributed by atoms with E-state index in [1.165, 1.54) is 11.1 Å². The van der Waals surface area contributed by atoms with Crippen LogP contribution in [0.25, 0.3) is 11.0 Å². The molecule has 2 heterocycles. The van der Waals surface area contributed by atoms with Crippen molar-refractivity contribution in [1.29, 1.82) is 0 Å². The van der Waals surface area contributed by atoms with Crippen LogP contribution >= 0.6 is 11.6 Å². The van der Waals surface area contributed by atoms with Crippen molar-refractivity contribution < 1.29 is 0 Å². The second-order valence-corrected chi connectivity index (χ2v) is 5.60. The highest BCUT2D eigenvalue weighted by molar-refractivity contribution is 6.29. The number of aromatic nitrogens is 3. The Morgan fingerprint density at radius 2 is 2.05 bits per heavy atom. The summed E-state index contributed by atoms with van der Waals surface area (Å²) in [7, 11) is 2.00. The summed E-state index contributed by atoms with van der Waals surface area (Å²) in [6.07, 6.45) is 3.66. The zero-order chi connectivity index (χ0) is 14.8. The SMILES string of the molecule is Cc1cc(Cl)ncc1CNCc1ccc2c(c1)ncn2C. The highest BCUT2D eigenvalue weighted by Crippen LogP contribution is 2.15. The van der Waals surface area contributed by atoms with Gasteiger partial charge in [0, 0.05) is 26.3 Å². The zero-order valence-corrected chi connectivity index (χ0v) is 12.9. The van der Waals surface area contributed by atoms with E-state index in [0.717, 1.165) is 29.7 Å². The first-order valence-corrected chi connectivity index (χ1v) is 7.23. The van der Waals surface area contributed by atoms with Gasteiger partial charge in [0.25, 0.3) is 0 Å². The Bertz CT molecular complexity index is 779. The number of nitrogens with one attached hydrogen (secondary N) is 1. The van der Waals surface area contributed by atoms with Gasteiger partial charge in [-0.3, -0.25) is 0 Å². The maximum absolute atomic E-state index is 5.86. The van der Waals surface area contributed by atoms with Crippen molar-refractivity contribution in [2.45, 2.75) is 20.0 Å². The van der Waals surface area contributed by atoms with Gasteiger partial charge in [-0.25, -0.2) is 9.97 Å². The monoisotopic (exact) mass is 300 g/mol. The summed E-state index contributed by atoms with van der Waals surface area (Å²) in [6.45, 7) is 3.62. The second kappa shape index (κ2) is 5.84. The Kier molecular flexibility index (Phi) is 3.90. The molecule has 0 aliphatic heterocycles. The lowest BCUT2D eigenvalue weighted by Crippen LogP contribution is -2.13. The predicted molar refractivity (Wildman–Crippen MR) is 85.2 cm³/mol. The standard InChI is InChI=1S/C16H17ClN4/c1-11-5-16(17)19-9-13(11)8-18-7-12-3-4-15-14(6-12)20-10-21(15)2/h3-6,9-10,18H,7-8H2,1-2H3. The van der Waals surface area contributed by atoms with Crippen LogP contribution in [0.1, 0.15) is 16.7 Å². The number of hydrogen-bond donors (Lipinski definition) is 1. The Hall–Kier alpha value is -1.91. The quantitative estimate of drug-likeness (QED) is 0.752. The van der Waals surface area contributed by atoms with Gasteiger partial charge in [0.05, 0.1) is 17.4 Å². The van der Waals surface area contributed by atoms with Gasteiger partial charge >= 0.3 is 0 Å². The summed E-state index contributed by atoms with van der Waals surface area (Å²) >= 11 is 5.86. The second-order valence-electron chi connectivity index (χ2n) is 5.22. The normalized spacial score (nSPS) is 11.2. The molecular weight excluding hydrogens is 284 g/mol. The first kappa shape index (κ1) is 14.0. The molecule has 0 amide bonds. The first-order valence-electron chi connectivity index (χ1n) is 6.85. The third kappa shape index (κ3) is 3.06. The number of rotatable bonds is 4. The van der Waals surface area contributed by atoms with Crippen molar-refractivity contribution in [3.8, 4) is 0 Å². The molecule has 3 aromatic rings. The molecule has 3 rings (SSSR count). The minimum absolute atomic E-state index is 0.539. The number of halogens is 1. The van der Waals surface area contributed by atoms with E-state index in [1.807, 2.05) is 37.1 Å². The van der Waals surface area contributed by atoms with Gasteiger partial charge in [0.2, 0.25) is 0 Å². The topological polar surface area (TPSA) is 42.7 Å². The lowest BCUT2D eigenvalue weighted by Gasteiger charge is -2.08. The minimum atomic E-state index is 0.539. The number of nitrogens with zero attached hydrogens (tertiary/aromatic N) is 3. The number of aryl methyl sites for hydroxylation is 2. The van der Waals surface area contributed by atoms with Gasteiger partial charge in [0.15, 0.2) is 0 Å². The number of imidazole rings is 1. The lowest BCUT2D eigenvalue weighted by molar-refractivity contribution is 0.689. The molecule has 2 aromatic heterocycles. The molecule has 0 fully saturated rings. The van der Waals surface area contributed by atoms with Crippen molar-refractivity contribution in [2.24, 2.45) is 7.05 Å². The fourth-order valence-corrected chi connectivity index (χ4v) is 2.58. The molecule has 0 atom stereocenters. The summed E-state index contributed by atoms with van der Waals surface area (Å²) in [5.41, 5.74) is 5.72. The van der Waals surface area contributed by atoms with Crippen molar-refractivity contribution in [1.82, 2.24) is 19.9 Å². The number of hydrogen-bond acceptors (Lipinski definition) is 3. The van der Waals surface area contributed by atoms with Crippen molar-refractivity contribution in [3.05, 3.63) is 58.6 Å². The van der Waals surface area contributed by atoms with Crippen LogP contribution < -0.4 is 5.32 Å². The minimum Gasteiger partial charge on any atom is -0.334 e. The molecule has 0 aliphatic rings. The molecular formula is C16H17ClN4.